The van der Waals surface area contributed by atoms with Gasteiger partial charge in [-0.3, -0.25) is 4.79 Å². The number of carbonyl (C=O) groups is 1. The molecule has 5 heteroatoms. The van der Waals surface area contributed by atoms with Gasteiger partial charge in [0.25, 0.3) is 5.91 Å². The second-order valence-electron chi connectivity index (χ2n) is 4.67. The van der Waals surface area contributed by atoms with Crippen molar-refractivity contribution < 1.29 is 14.3 Å². The smallest absolute Gasteiger partial charge is 0.251 e. The number of ether oxygens (including phenoxy) is 2. The van der Waals surface area contributed by atoms with E-state index in [1.807, 2.05) is 30.3 Å². The van der Waals surface area contributed by atoms with Gasteiger partial charge in [0, 0.05) is 24.1 Å². The van der Waals surface area contributed by atoms with Crippen LogP contribution in [-0.2, 0) is 4.79 Å². The van der Waals surface area contributed by atoms with Gasteiger partial charge in [-0.25, -0.2) is 0 Å². The number of hydrogen-bond donors (Lipinski definition) is 0. The maximum Gasteiger partial charge on any atom is 0.251 e. The van der Waals surface area contributed by atoms with Crippen LogP contribution in [0.5, 0.6) is 11.5 Å². The average Bonchev–Trinajstić information content (AvgIpc) is 2.61. The lowest BCUT2D eigenvalue weighted by Gasteiger charge is -2.19. The van der Waals surface area contributed by atoms with Crippen molar-refractivity contribution in [2.75, 3.05) is 26.2 Å². The first-order valence-corrected chi connectivity index (χ1v) is 7.91. The third kappa shape index (κ3) is 4.53. The SMILES string of the molecule is COc1ccc(OC)c(N(C)C(=O)/C=C/Sc2ccccc2)c1. The van der Waals surface area contributed by atoms with Crippen LogP contribution in [0.3, 0.4) is 0 Å². The Bertz CT molecular complexity index is 686. The molecule has 0 unspecified atom stereocenters. The molecule has 0 heterocycles. The highest BCUT2D eigenvalue weighted by Crippen LogP contribution is 2.31. The first-order chi connectivity index (χ1) is 11.2. The zero-order valence-electron chi connectivity index (χ0n) is 13.4. The van der Waals surface area contributed by atoms with Crippen molar-refractivity contribution in [3.05, 3.63) is 60.0 Å². The van der Waals surface area contributed by atoms with Gasteiger partial charge in [0.1, 0.15) is 11.5 Å². The Morgan fingerprint density at radius 1 is 1.09 bits per heavy atom. The summed E-state index contributed by atoms with van der Waals surface area (Å²) in [7, 11) is 4.87. The van der Waals surface area contributed by atoms with Gasteiger partial charge in [-0.05, 0) is 29.7 Å². The van der Waals surface area contributed by atoms with E-state index in [-0.39, 0.29) is 5.91 Å². The van der Waals surface area contributed by atoms with Crippen molar-refractivity contribution in [2.24, 2.45) is 0 Å². The first-order valence-electron chi connectivity index (χ1n) is 7.03. The summed E-state index contributed by atoms with van der Waals surface area (Å²) in [6, 6.07) is 15.2. The molecule has 0 aliphatic heterocycles. The Kier molecular flexibility index (Phi) is 6.11. The molecule has 1 amide bonds. The molecule has 4 nitrogen and oxygen atoms in total. The van der Waals surface area contributed by atoms with Gasteiger partial charge in [0.15, 0.2) is 0 Å². The molecule has 0 aromatic heterocycles. The second-order valence-corrected chi connectivity index (χ2v) is 5.65. The van der Waals surface area contributed by atoms with Gasteiger partial charge in [-0.2, -0.15) is 0 Å². The molecule has 2 aromatic rings. The van der Waals surface area contributed by atoms with Crippen LogP contribution >= 0.6 is 11.8 Å². The Morgan fingerprint density at radius 2 is 1.83 bits per heavy atom. The van der Waals surface area contributed by atoms with Gasteiger partial charge < -0.3 is 14.4 Å². The molecular formula is C18H19NO3S. The van der Waals surface area contributed by atoms with Crippen LogP contribution in [0.4, 0.5) is 5.69 Å². The molecule has 2 aromatic carbocycles. The molecule has 0 aliphatic carbocycles. The highest BCUT2D eigenvalue weighted by molar-refractivity contribution is 8.02. The van der Waals surface area contributed by atoms with Crippen molar-refractivity contribution >= 4 is 23.4 Å². The highest BCUT2D eigenvalue weighted by Gasteiger charge is 2.14. The number of benzene rings is 2. The molecule has 23 heavy (non-hydrogen) atoms. The number of likely N-dealkylation sites (N-methyl/N-ethyl adjacent to an activating group) is 1. The standard InChI is InChI=1S/C18H19NO3S/c1-19(16-13-14(21-2)9-10-17(16)22-3)18(20)11-12-23-15-7-5-4-6-8-15/h4-13H,1-3H3/b12-11+. The van der Waals surface area contributed by atoms with E-state index in [1.54, 1.807) is 44.9 Å². The number of thioether (sulfide) groups is 1. The van der Waals surface area contributed by atoms with E-state index in [0.717, 1.165) is 4.90 Å². The largest absolute Gasteiger partial charge is 0.497 e. The van der Waals surface area contributed by atoms with E-state index in [4.69, 9.17) is 9.47 Å². The van der Waals surface area contributed by atoms with Crippen LogP contribution in [0.25, 0.3) is 0 Å². The quantitative estimate of drug-likeness (QED) is 0.594. The van der Waals surface area contributed by atoms with E-state index < -0.39 is 0 Å². The molecule has 0 saturated carbocycles. The predicted molar refractivity (Wildman–Crippen MR) is 94.4 cm³/mol. The summed E-state index contributed by atoms with van der Waals surface area (Å²) in [5.74, 6) is 1.15. The Hall–Kier alpha value is -2.40. The summed E-state index contributed by atoms with van der Waals surface area (Å²) in [5, 5.41) is 1.78. The summed E-state index contributed by atoms with van der Waals surface area (Å²) in [5.41, 5.74) is 0.659. The van der Waals surface area contributed by atoms with Crippen LogP contribution < -0.4 is 14.4 Å². The van der Waals surface area contributed by atoms with Gasteiger partial charge in [-0.1, -0.05) is 30.0 Å². The fourth-order valence-electron chi connectivity index (χ4n) is 1.96. The highest BCUT2D eigenvalue weighted by atomic mass is 32.2. The number of nitrogens with zero attached hydrogens (tertiary/aromatic N) is 1. The van der Waals surface area contributed by atoms with Crippen molar-refractivity contribution in [3.8, 4) is 11.5 Å². The molecule has 0 N–H and O–H groups in total. The van der Waals surface area contributed by atoms with Gasteiger partial charge >= 0.3 is 0 Å². The van der Waals surface area contributed by atoms with Crippen molar-refractivity contribution in [3.63, 3.8) is 0 Å². The molecule has 0 radical (unpaired) electrons. The summed E-state index contributed by atoms with van der Waals surface area (Å²) in [6.45, 7) is 0. The Balaban J connectivity index is 2.10. The normalized spacial score (nSPS) is 10.6. The molecule has 2 rings (SSSR count). The minimum Gasteiger partial charge on any atom is -0.497 e. The summed E-state index contributed by atoms with van der Waals surface area (Å²) in [4.78, 5) is 14.9. The fraction of sp³-hybridized carbons (Fsp3) is 0.167. The summed E-state index contributed by atoms with van der Waals surface area (Å²) >= 11 is 1.49. The third-order valence-electron chi connectivity index (χ3n) is 3.24. The van der Waals surface area contributed by atoms with Crippen LogP contribution in [0.2, 0.25) is 0 Å². The molecular weight excluding hydrogens is 310 g/mol. The summed E-state index contributed by atoms with van der Waals surface area (Å²) < 4.78 is 10.5. The fourth-order valence-corrected chi connectivity index (χ4v) is 2.62. The number of methoxy groups -OCH3 is 2. The molecule has 0 aliphatic rings. The van der Waals surface area contributed by atoms with E-state index in [9.17, 15) is 4.79 Å². The van der Waals surface area contributed by atoms with Crippen LogP contribution in [0.1, 0.15) is 0 Å². The lowest BCUT2D eigenvalue weighted by molar-refractivity contribution is -0.113. The zero-order valence-corrected chi connectivity index (χ0v) is 14.2. The van der Waals surface area contributed by atoms with Crippen LogP contribution in [0.15, 0.2) is 64.9 Å². The van der Waals surface area contributed by atoms with E-state index in [2.05, 4.69) is 0 Å². The third-order valence-corrected chi connectivity index (χ3v) is 4.05. The Morgan fingerprint density at radius 3 is 2.48 bits per heavy atom. The molecule has 0 saturated heterocycles. The number of hydrogen-bond acceptors (Lipinski definition) is 4. The Labute approximate surface area is 140 Å². The van der Waals surface area contributed by atoms with Crippen LogP contribution in [0, 0.1) is 0 Å². The zero-order chi connectivity index (χ0) is 16.7. The topological polar surface area (TPSA) is 38.8 Å². The van der Waals surface area contributed by atoms with Crippen molar-refractivity contribution in [1.82, 2.24) is 0 Å². The van der Waals surface area contributed by atoms with Gasteiger partial charge in [0.05, 0.1) is 19.9 Å². The number of carbonyl (C=O) groups excluding carboxylic acids is 1. The summed E-state index contributed by atoms with van der Waals surface area (Å²) in [6.07, 6.45) is 1.54. The molecule has 120 valence electrons. The van der Waals surface area contributed by atoms with Crippen LogP contribution in [-0.4, -0.2) is 27.2 Å². The average molecular weight is 329 g/mol. The van der Waals surface area contributed by atoms with Crippen molar-refractivity contribution in [2.45, 2.75) is 4.90 Å². The monoisotopic (exact) mass is 329 g/mol. The number of amides is 1. The number of rotatable bonds is 6. The predicted octanol–water partition coefficient (Wildman–Crippen LogP) is 3.97. The first kappa shape index (κ1) is 17.0. The lowest BCUT2D eigenvalue weighted by Crippen LogP contribution is -2.24. The second kappa shape index (κ2) is 8.29. The molecule has 0 spiro atoms. The van der Waals surface area contributed by atoms with E-state index >= 15 is 0 Å². The maximum absolute atomic E-state index is 12.3. The van der Waals surface area contributed by atoms with E-state index in [0.29, 0.717) is 17.2 Å². The van der Waals surface area contributed by atoms with Gasteiger partial charge in [0.2, 0.25) is 0 Å². The van der Waals surface area contributed by atoms with E-state index in [1.165, 1.54) is 22.7 Å². The minimum absolute atomic E-state index is 0.139. The molecule has 0 bridgehead atoms. The minimum atomic E-state index is -0.139. The molecule has 0 fully saturated rings. The van der Waals surface area contributed by atoms with Gasteiger partial charge in [-0.15, -0.1) is 0 Å². The lowest BCUT2D eigenvalue weighted by atomic mass is 10.2. The number of anilines is 1. The maximum atomic E-state index is 12.3. The van der Waals surface area contributed by atoms with Crippen molar-refractivity contribution in [1.29, 1.82) is 0 Å². The molecule has 0 atom stereocenters.